The van der Waals surface area contributed by atoms with Crippen LogP contribution < -0.4 is 0 Å². The molecule has 0 bridgehead atoms. The Labute approximate surface area is 80.4 Å². The minimum atomic E-state index is -0.947. The molecule has 2 heterocycles. The SMILES string of the molecule is Cn1cc(C(=O)O)c(-c2ccco2)c1. The number of hydrogen-bond donors (Lipinski definition) is 1. The summed E-state index contributed by atoms with van der Waals surface area (Å²) in [5.74, 6) is -0.375. The first-order chi connectivity index (χ1) is 6.68. The third kappa shape index (κ3) is 1.31. The van der Waals surface area contributed by atoms with E-state index in [1.54, 1.807) is 36.1 Å². The molecule has 0 unspecified atom stereocenters. The maximum Gasteiger partial charge on any atom is 0.337 e. The minimum absolute atomic E-state index is 0.252. The van der Waals surface area contributed by atoms with Crippen LogP contribution in [0, 0.1) is 0 Å². The molecule has 2 aromatic heterocycles. The molecular formula is C10H9NO3. The summed E-state index contributed by atoms with van der Waals surface area (Å²) in [6.45, 7) is 0. The lowest BCUT2D eigenvalue weighted by molar-refractivity contribution is 0.0697. The maximum absolute atomic E-state index is 10.9. The number of aromatic carboxylic acids is 1. The highest BCUT2D eigenvalue weighted by molar-refractivity contribution is 5.95. The summed E-state index contributed by atoms with van der Waals surface area (Å²) in [5.41, 5.74) is 0.854. The number of nitrogens with zero attached hydrogens (tertiary/aromatic N) is 1. The lowest BCUT2D eigenvalue weighted by Crippen LogP contribution is -1.95. The highest BCUT2D eigenvalue weighted by Crippen LogP contribution is 2.24. The molecule has 4 nitrogen and oxygen atoms in total. The Kier molecular flexibility index (Phi) is 1.89. The Balaban J connectivity index is 2.58. The van der Waals surface area contributed by atoms with Crippen LogP contribution in [-0.4, -0.2) is 15.6 Å². The number of aromatic nitrogens is 1. The first-order valence-electron chi connectivity index (χ1n) is 4.11. The van der Waals surface area contributed by atoms with E-state index in [2.05, 4.69) is 0 Å². The van der Waals surface area contributed by atoms with E-state index in [4.69, 9.17) is 9.52 Å². The molecule has 2 rings (SSSR count). The first kappa shape index (κ1) is 8.62. The molecule has 0 aromatic carbocycles. The van der Waals surface area contributed by atoms with E-state index in [9.17, 15) is 4.79 Å². The zero-order valence-corrected chi connectivity index (χ0v) is 7.60. The predicted octanol–water partition coefficient (Wildman–Crippen LogP) is 1.98. The van der Waals surface area contributed by atoms with Crippen molar-refractivity contribution in [2.75, 3.05) is 0 Å². The van der Waals surface area contributed by atoms with Gasteiger partial charge in [0.05, 0.1) is 11.8 Å². The van der Waals surface area contributed by atoms with Gasteiger partial charge in [-0.25, -0.2) is 4.79 Å². The number of aryl methyl sites for hydroxylation is 1. The van der Waals surface area contributed by atoms with E-state index in [-0.39, 0.29) is 5.56 Å². The zero-order valence-electron chi connectivity index (χ0n) is 7.60. The molecule has 1 N–H and O–H groups in total. The largest absolute Gasteiger partial charge is 0.478 e. The van der Waals surface area contributed by atoms with Crippen LogP contribution in [0.1, 0.15) is 10.4 Å². The van der Waals surface area contributed by atoms with Gasteiger partial charge in [-0.3, -0.25) is 0 Å². The highest BCUT2D eigenvalue weighted by atomic mass is 16.4. The van der Waals surface area contributed by atoms with E-state index in [0.29, 0.717) is 11.3 Å². The molecule has 0 fully saturated rings. The molecular weight excluding hydrogens is 182 g/mol. The fourth-order valence-electron chi connectivity index (χ4n) is 1.38. The van der Waals surface area contributed by atoms with Crippen LogP contribution in [0.5, 0.6) is 0 Å². The van der Waals surface area contributed by atoms with Crippen molar-refractivity contribution in [2.24, 2.45) is 7.05 Å². The van der Waals surface area contributed by atoms with Gasteiger partial charge in [0.15, 0.2) is 0 Å². The number of carboxylic acids is 1. The van der Waals surface area contributed by atoms with Crippen molar-refractivity contribution in [2.45, 2.75) is 0 Å². The highest BCUT2D eigenvalue weighted by Gasteiger charge is 2.15. The van der Waals surface area contributed by atoms with Gasteiger partial charge in [-0.2, -0.15) is 0 Å². The second kappa shape index (κ2) is 3.06. The van der Waals surface area contributed by atoms with Crippen LogP contribution in [0.25, 0.3) is 11.3 Å². The molecule has 0 spiro atoms. The van der Waals surface area contributed by atoms with Gasteiger partial charge in [0.25, 0.3) is 0 Å². The number of carboxylic acid groups (broad SMARTS) is 1. The van der Waals surface area contributed by atoms with E-state index < -0.39 is 5.97 Å². The normalized spacial score (nSPS) is 10.4. The third-order valence-electron chi connectivity index (χ3n) is 1.97. The lowest BCUT2D eigenvalue weighted by Gasteiger charge is -1.93. The Bertz CT molecular complexity index is 454. The molecule has 0 saturated carbocycles. The number of furan rings is 1. The molecule has 0 aliphatic heterocycles. The van der Waals surface area contributed by atoms with Crippen molar-refractivity contribution in [1.29, 1.82) is 0 Å². The standard InChI is InChI=1S/C10H9NO3/c1-11-5-7(8(6-11)10(12)13)9-3-2-4-14-9/h2-6H,1H3,(H,12,13). The molecule has 72 valence electrons. The smallest absolute Gasteiger partial charge is 0.337 e. The van der Waals surface area contributed by atoms with Crippen molar-refractivity contribution in [3.63, 3.8) is 0 Å². The number of hydrogen-bond acceptors (Lipinski definition) is 2. The van der Waals surface area contributed by atoms with E-state index in [1.807, 2.05) is 0 Å². The summed E-state index contributed by atoms with van der Waals surface area (Å²) in [4.78, 5) is 10.9. The molecule has 4 heteroatoms. The molecule has 0 aliphatic rings. The van der Waals surface area contributed by atoms with E-state index in [1.165, 1.54) is 6.26 Å². The van der Waals surface area contributed by atoms with Crippen molar-refractivity contribution < 1.29 is 14.3 Å². The van der Waals surface area contributed by atoms with Crippen molar-refractivity contribution in [1.82, 2.24) is 4.57 Å². The van der Waals surface area contributed by atoms with Gasteiger partial charge < -0.3 is 14.1 Å². The second-order valence-electron chi connectivity index (χ2n) is 3.03. The van der Waals surface area contributed by atoms with Crippen LogP contribution in [0.2, 0.25) is 0 Å². The fraction of sp³-hybridized carbons (Fsp3) is 0.100. The molecule has 2 aromatic rings. The van der Waals surface area contributed by atoms with Gasteiger partial charge in [-0.05, 0) is 12.1 Å². The van der Waals surface area contributed by atoms with E-state index in [0.717, 1.165) is 0 Å². The number of rotatable bonds is 2. The molecule has 0 aliphatic carbocycles. The molecule has 14 heavy (non-hydrogen) atoms. The lowest BCUT2D eigenvalue weighted by atomic mass is 10.1. The minimum Gasteiger partial charge on any atom is -0.478 e. The zero-order chi connectivity index (χ0) is 10.1. The Morgan fingerprint density at radius 1 is 1.50 bits per heavy atom. The van der Waals surface area contributed by atoms with Crippen LogP contribution in [0.4, 0.5) is 0 Å². The van der Waals surface area contributed by atoms with E-state index >= 15 is 0 Å². The Morgan fingerprint density at radius 2 is 2.29 bits per heavy atom. The topological polar surface area (TPSA) is 55.4 Å². The predicted molar refractivity (Wildman–Crippen MR) is 50.1 cm³/mol. The summed E-state index contributed by atoms with van der Waals surface area (Å²) in [6, 6.07) is 3.47. The average Bonchev–Trinajstić information content (AvgIpc) is 2.70. The van der Waals surface area contributed by atoms with Crippen molar-refractivity contribution in [3.8, 4) is 11.3 Å². The first-order valence-corrected chi connectivity index (χ1v) is 4.11. The quantitative estimate of drug-likeness (QED) is 0.789. The van der Waals surface area contributed by atoms with Gasteiger partial charge >= 0.3 is 5.97 Å². The van der Waals surface area contributed by atoms with Crippen LogP contribution in [-0.2, 0) is 7.05 Å². The van der Waals surface area contributed by atoms with Gasteiger partial charge in [0.2, 0.25) is 0 Å². The van der Waals surface area contributed by atoms with Gasteiger partial charge in [-0.15, -0.1) is 0 Å². The van der Waals surface area contributed by atoms with Crippen LogP contribution >= 0.6 is 0 Å². The molecule has 0 radical (unpaired) electrons. The van der Waals surface area contributed by atoms with Crippen molar-refractivity contribution >= 4 is 5.97 Å². The summed E-state index contributed by atoms with van der Waals surface area (Å²) < 4.78 is 6.84. The summed E-state index contributed by atoms with van der Waals surface area (Å²) in [7, 11) is 1.78. The summed E-state index contributed by atoms with van der Waals surface area (Å²) in [5, 5.41) is 8.92. The molecule has 0 amide bonds. The summed E-state index contributed by atoms with van der Waals surface area (Å²) >= 11 is 0. The summed E-state index contributed by atoms with van der Waals surface area (Å²) in [6.07, 6.45) is 4.80. The number of carbonyl (C=O) groups is 1. The van der Waals surface area contributed by atoms with Crippen molar-refractivity contribution in [3.05, 3.63) is 36.4 Å². The Morgan fingerprint density at radius 3 is 2.86 bits per heavy atom. The van der Waals surface area contributed by atoms with Gasteiger partial charge in [0, 0.05) is 25.0 Å². The van der Waals surface area contributed by atoms with Gasteiger partial charge in [-0.1, -0.05) is 0 Å². The van der Waals surface area contributed by atoms with Crippen LogP contribution in [0.15, 0.2) is 35.2 Å². The fourth-order valence-corrected chi connectivity index (χ4v) is 1.38. The third-order valence-corrected chi connectivity index (χ3v) is 1.97. The Hall–Kier alpha value is -1.97. The van der Waals surface area contributed by atoms with Gasteiger partial charge in [0.1, 0.15) is 5.76 Å². The average molecular weight is 191 g/mol. The second-order valence-corrected chi connectivity index (χ2v) is 3.03. The van der Waals surface area contributed by atoms with Crippen LogP contribution in [0.3, 0.4) is 0 Å². The molecule has 0 saturated heterocycles. The monoisotopic (exact) mass is 191 g/mol. The maximum atomic E-state index is 10.9. The molecule has 0 atom stereocenters.